The van der Waals surface area contributed by atoms with Crippen LogP contribution in [0.3, 0.4) is 0 Å². The van der Waals surface area contributed by atoms with Crippen LogP contribution in [0.15, 0.2) is 30.3 Å². The fourth-order valence-corrected chi connectivity index (χ4v) is 1.28. The summed E-state index contributed by atoms with van der Waals surface area (Å²) >= 11 is 0. The minimum atomic E-state index is -2.59. The second-order valence-electron chi connectivity index (χ2n) is 3.03. The molecule has 1 aromatic carbocycles. The summed E-state index contributed by atoms with van der Waals surface area (Å²) in [6.07, 6.45) is -2.59. The normalized spacial score (nSPS) is 10.9. The molecule has 2 N–H and O–H groups in total. The van der Waals surface area contributed by atoms with Crippen molar-refractivity contribution in [2.75, 3.05) is 0 Å². The summed E-state index contributed by atoms with van der Waals surface area (Å²) < 4.78 is 24.5. The summed E-state index contributed by atoms with van der Waals surface area (Å²) in [6, 6.07) is 7.66. The number of hydrogen-bond acceptors (Lipinski definition) is 2. The number of H-pyrrole nitrogens is 1. The molecule has 0 atom stereocenters. The summed E-state index contributed by atoms with van der Waals surface area (Å²) in [5.41, 5.74) is 0.484. The molecule has 2 aromatic rings. The molecule has 5 heteroatoms. The van der Waals surface area contributed by atoms with Crippen molar-refractivity contribution in [3.05, 3.63) is 36.0 Å². The Bertz CT molecular complexity index is 468. The number of alkyl halides is 2. The molecule has 3 nitrogen and oxygen atoms in total. The zero-order valence-electron chi connectivity index (χ0n) is 7.61. The lowest BCUT2D eigenvalue weighted by molar-refractivity contribution is 0.146. The summed E-state index contributed by atoms with van der Waals surface area (Å²) in [4.78, 5) is 0. The van der Waals surface area contributed by atoms with Crippen molar-refractivity contribution in [2.45, 2.75) is 6.43 Å². The van der Waals surface area contributed by atoms with Crippen LogP contribution in [0.4, 0.5) is 8.78 Å². The summed E-state index contributed by atoms with van der Waals surface area (Å²) in [5, 5.41) is 15.4. The van der Waals surface area contributed by atoms with Crippen molar-refractivity contribution in [3.8, 4) is 17.0 Å². The number of benzene rings is 1. The molecule has 0 amide bonds. The van der Waals surface area contributed by atoms with Gasteiger partial charge in [-0.1, -0.05) is 12.1 Å². The zero-order valence-corrected chi connectivity index (χ0v) is 7.61. The molecule has 0 spiro atoms. The van der Waals surface area contributed by atoms with Crippen LogP contribution in [0.25, 0.3) is 11.3 Å². The lowest BCUT2D eigenvalue weighted by atomic mass is 10.1. The lowest BCUT2D eigenvalue weighted by Crippen LogP contribution is -1.81. The maximum Gasteiger partial charge on any atom is 0.279 e. The zero-order chi connectivity index (χ0) is 10.8. The molecule has 15 heavy (non-hydrogen) atoms. The largest absolute Gasteiger partial charge is 0.507 e. The van der Waals surface area contributed by atoms with E-state index >= 15 is 0 Å². The van der Waals surface area contributed by atoms with E-state index in [4.69, 9.17) is 0 Å². The number of para-hydroxylation sites is 1. The van der Waals surface area contributed by atoms with Crippen LogP contribution in [0.5, 0.6) is 5.75 Å². The first-order valence-electron chi connectivity index (χ1n) is 4.30. The number of hydrogen-bond donors (Lipinski definition) is 2. The highest BCUT2D eigenvalue weighted by atomic mass is 19.3. The van der Waals surface area contributed by atoms with Crippen LogP contribution in [-0.2, 0) is 0 Å². The van der Waals surface area contributed by atoms with Crippen LogP contribution in [0, 0.1) is 0 Å². The first-order valence-corrected chi connectivity index (χ1v) is 4.30. The number of nitrogens with zero attached hydrogens (tertiary/aromatic N) is 1. The van der Waals surface area contributed by atoms with Crippen molar-refractivity contribution < 1.29 is 13.9 Å². The maximum absolute atomic E-state index is 12.3. The van der Waals surface area contributed by atoms with Gasteiger partial charge in [0.05, 0.1) is 5.69 Å². The van der Waals surface area contributed by atoms with E-state index in [1.54, 1.807) is 18.2 Å². The van der Waals surface area contributed by atoms with E-state index in [0.717, 1.165) is 0 Å². The van der Waals surface area contributed by atoms with E-state index in [1.807, 2.05) is 0 Å². The van der Waals surface area contributed by atoms with Gasteiger partial charge in [0.1, 0.15) is 11.4 Å². The molecule has 0 saturated carbocycles. The van der Waals surface area contributed by atoms with Crippen LogP contribution in [0.2, 0.25) is 0 Å². The van der Waals surface area contributed by atoms with E-state index < -0.39 is 6.43 Å². The molecule has 0 fully saturated rings. The second-order valence-corrected chi connectivity index (χ2v) is 3.03. The Morgan fingerprint density at radius 1 is 1.27 bits per heavy atom. The van der Waals surface area contributed by atoms with Crippen molar-refractivity contribution in [1.29, 1.82) is 0 Å². The molecule has 0 radical (unpaired) electrons. The third-order valence-electron chi connectivity index (χ3n) is 2.01. The number of rotatable bonds is 2. The van der Waals surface area contributed by atoms with Gasteiger partial charge in [0.15, 0.2) is 0 Å². The van der Waals surface area contributed by atoms with E-state index in [-0.39, 0.29) is 11.4 Å². The lowest BCUT2D eigenvalue weighted by Gasteiger charge is -1.98. The first-order chi connectivity index (χ1) is 7.18. The maximum atomic E-state index is 12.3. The number of nitrogens with one attached hydrogen (secondary N) is 1. The van der Waals surface area contributed by atoms with Gasteiger partial charge >= 0.3 is 0 Å². The summed E-state index contributed by atoms with van der Waals surface area (Å²) in [5.74, 6) is 0.0183. The summed E-state index contributed by atoms with van der Waals surface area (Å²) in [7, 11) is 0. The standard InChI is InChI=1S/C10H8F2N2O/c11-10(12)8-5-7(13-14-8)6-3-1-2-4-9(6)15/h1-5,10,15H,(H,13,14). The molecule has 1 heterocycles. The number of phenolic OH excluding ortho intramolecular Hbond substituents is 1. The van der Waals surface area contributed by atoms with Gasteiger partial charge in [0.2, 0.25) is 0 Å². The molecule has 78 valence electrons. The van der Waals surface area contributed by atoms with Gasteiger partial charge in [-0.05, 0) is 18.2 Å². The van der Waals surface area contributed by atoms with Gasteiger partial charge in [-0.15, -0.1) is 0 Å². The van der Waals surface area contributed by atoms with Gasteiger partial charge < -0.3 is 5.11 Å². The van der Waals surface area contributed by atoms with Crippen molar-refractivity contribution in [3.63, 3.8) is 0 Å². The number of aromatic hydroxyl groups is 1. The second kappa shape index (κ2) is 3.68. The molecule has 0 aliphatic rings. The Hall–Kier alpha value is -1.91. The fourth-order valence-electron chi connectivity index (χ4n) is 1.28. The Labute approximate surface area is 84.4 Å². The number of halogens is 2. The molecule has 1 aromatic heterocycles. The highest BCUT2D eigenvalue weighted by molar-refractivity contribution is 5.66. The van der Waals surface area contributed by atoms with Crippen LogP contribution < -0.4 is 0 Å². The van der Waals surface area contributed by atoms with E-state index in [2.05, 4.69) is 10.2 Å². The van der Waals surface area contributed by atoms with Crippen LogP contribution in [0.1, 0.15) is 12.1 Å². The van der Waals surface area contributed by atoms with E-state index in [9.17, 15) is 13.9 Å². The molecular weight excluding hydrogens is 202 g/mol. The Kier molecular flexibility index (Phi) is 2.37. The predicted molar refractivity (Wildman–Crippen MR) is 50.6 cm³/mol. The third-order valence-corrected chi connectivity index (χ3v) is 2.01. The molecule has 0 bridgehead atoms. The molecular formula is C10H8F2N2O. The first kappa shape index (κ1) is 9.64. The van der Waals surface area contributed by atoms with Crippen molar-refractivity contribution >= 4 is 0 Å². The topological polar surface area (TPSA) is 48.9 Å². The van der Waals surface area contributed by atoms with Gasteiger partial charge in [0, 0.05) is 5.56 Å². The molecule has 0 unspecified atom stereocenters. The summed E-state index contributed by atoms with van der Waals surface area (Å²) in [6.45, 7) is 0. The number of aromatic amines is 1. The van der Waals surface area contributed by atoms with Crippen molar-refractivity contribution in [2.24, 2.45) is 0 Å². The third kappa shape index (κ3) is 1.81. The van der Waals surface area contributed by atoms with Gasteiger partial charge in [-0.25, -0.2) is 8.78 Å². The highest BCUT2D eigenvalue weighted by Crippen LogP contribution is 2.29. The molecule has 0 saturated heterocycles. The van der Waals surface area contributed by atoms with Crippen molar-refractivity contribution in [1.82, 2.24) is 10.2 Å². The number of phenols is 1. The fraction of sp³-hybridized carbons (Fsp3) is 0.100. The molecule has 0 aliphatic carbocycles. The minimum absolute atomic E-state index is 0.0183. The van der Waals surface area contributed by atoms with Gasteiger partial charge in [-0.3, -0.25) is 5.10 Å². The van der Waals surface area contributed by atoms with E-state index in [1.165, 1.54) is 12.1 Å². The number of aromatic nitrogens is 2. The van der Waals surface area contributed by atoms with Gasteiger partial charge in [0.25, 0.3) is 6.43 Å². The average molecular weight is 210 g/mol. The van der Waals surface area contributed by atoms with Crippen LogP contribution in [-0.4, -0.2) is 15.3 Å². The Morgan fingerprint density at radius 2 is 2.00 bits per heavy atom. The van der Waals surface area contributed by atoms with E-state index in [0.29, 0.717) is 11.3 Å². The Morgan fingerprint density at radius 3 is 2.60 bits per heavy atom. The quantitative estimate of drug-likeness (QED) is 0.800. The molecule has 0 aliphatic heterocycles. The molecule has 2 rings (SSSR count). The SMILES string of the molecule is Oc1ccccc1-c1cc(C(F)F)[nH]n1. The average Bonchev–Trinajstić information content (AvgIpc) is 2.67. The smallest absolute Gasteiger partial charge is 0.279 e. The van der Waals surface area contributed by atoms with Crippen LogP contribution >= 0.6 is 0 Å². The minimum Gasteiger partial charge on any atom is -0.507 e. The van der Waals surface area contributed by atoms with Gasteiger partial charge in [-0.2, -0.15) is 5.10 Å². The Balaban J connectivity index is 2.42. The monoisotopic (exact) mass is 210 g/mol. The highest BCUT2D eigenvalue weighted by Gasteiger charge is 2.13. The predicted octanol–water partition coefficient (Wildman–Crippen LogP) is 2.72.